The molecule has 2 aromatic carbocycles. The maximum atomic E-state index is 13.6. The first-order valence-corrected chi connectivity index (χ1v) is 6.81. The molecule has 1 N–H and O–H groups in total. The zero-order valence-corrected chi connectivity index (χ0v) is 12.2. The van der Waals surface area contributed by atoms with Crippen molar-refractivity contribution < 1.29 is 9.13 Å². The number of benzene rings is 2. The van der Waals surface area contributed by atoms with Gasteiger partial charge >= 0.3 is 0 Å². The number of halogens is 2. The van der Waals surface area contributed by atoms with Crippen LogP contribution in [0.25, 0.3) is 0 Å². The van der Waals surface area contributed by atoms with Crippen molar-refractivity contribution in [2.45, 2.75) is 6.42 Å². The van der Waals surface area contributed by atoms with Gasteiger partial charge < -0.3 is 10.1 Å². The largest absolute Gasteiger partial charge is 0.497 e. The average molecular weight is 324 g/mol. The maximum absolute atomic E-state index is 13.6. The van der Waals surface area contributed by atoms with Crippen molar-refractivity contribution in [1.82, 2.24) is 0 Å². The topological polar surface area (TPSA) is 21.3 Å². The summed E-state index contributed by atoms with van der Waals surface area (Å²) in [5, 5.41) is 3.11. The second-order valence-electron chi connectivity index (χ2n) is 4.12. The molecule has 0 radical (unpaired) electrons. The van der Waals surface area contributed by atoms with E-state index in [0.717, 1.165) is 16.6 Å². The Kier molecular flexibility index (Phi) is 4.80. The number of para-hydroxylation sites is 1. The Hall–Kier alpha value is -1.55. The van der Waals surface area contributed by atoms with Crippen molar-refractivity contribution in [3.63, 3.8) is 0 Å². The van der Waals surface area contributed by atoms with Gasteiger partial charge in [0.05, 0.1) is 12.8 Å². The van der Waals surface area contributed by atoms with Crippen LogP contribution in [0.5, 0.6) is 5.75 Å². The molecular formula is C15H15BrFNO. The monoisotopic (exact) mass is 323 g/mol. The molecule has 0 amide bonds. The van der Waals surface area contributed by atoms with Gasteiger partial charge in [-0.1, -0.05) is 18.2 Å². The van der Waals surface area contributed by atoms with Crippen molar-refractivity contribution in [2.75, 3.05) is 19.0 Å². The zero-order chi connectivity index (χ0) is 13.7. The van der Waals surface area contributed by atoms with Crippen molar-refractivity contribution in [3.05, 3.63) is 58.3 Å². The molecule has 0 fully saturated rings. The number of ether oxygens (including phenoxy) is 1. The summed E-state index contributed by atoms with van der Waals surface area (Å²) < 4.78 is 19.4. The summed E-state index contributed by atoms with van der Waals surface area (Å²) >= 11 is 3.33. The minimum absolute atomic E-state index is 0.246. The molecule has 0 aromatic heterocycles. The van der Waals surface area contributed by atoms with E-state index in [4.69, 9.17) is 4.74 Å². The summed E-state index contributed by atoms with van der Waals surface area (Å²) in [6, 6.07) is 12.8. The van der Waals surface area contributed by atoms with Gasteiger partial charge in [-0.05, 0) is 52.2 Å². The van der Waals surface area contributed by atoms with E-state index >= 15 is 0 Å². The lowest BCUT2D eigenvalue weighted by Crippen LogP contribution is -2.06. The molecule has 0 saturated heterocycles. The Bertz CT molecular complexity index is 522. The average Bonchev–Trinajstić information content (AvgIpc) is 2.43. The quantitative estimate of drug-likeness (QED) is 0.888. The highest BCUT2D eigenvalue weighted by atomic mass is 79.9. The molecule has 2 rings (SSSR count). The minimum Gasteiger partial charge on any atom is -0.497 e. The van der Waals surface area contributed by atoms with Crippen LogP contribution >= 0.6 is 15.9 Å². The Morgan fingerprint density at radius 3 is 2.53 bits per heavy atom. The van der Waals surface area contributed by atoms with Gasteiger partial charge in [0.1, 0.15) is 11.6 Å². The molecule has 2 nitrogen and oxygen atoms in total. The third-order valence-electron chi connectivity index (χ3n) is 2.84. The van der Waals surface area contributed by atoms with Crippen molar-refractivity contribution in [3.8, 4) is 5.75 Å². The highest BCUT2D eigenvalue weighted by Crippen LogP contribution is 2.25. The normalized spacial score (nSPS) is 10.3. The first kappa shape index (κ1) is 13.9. The van der Waals surface area contributed by atoms with Gasteiger partial charge in [-0.3, -0.25) is 0 Å². The highest BCUT2D eigenvalue weighted by Gasteiger charge is 2.05. The first-order valence-electron chi connectivity index (χ1n) is 6.01. The first-order chi connectivity index (χ1) is 9.20. The van der Waals surface area contributed by atoms with Crippen LogP contribution in [0.4, 0.5) is 10.1 Å². The van der Waals surface area contributed by atoms with Gasteiger partial charge in [0.25, 0.3) is 0 Å². The van der Waals surface area contributed by atoms with Crippen LogP contribution in [0.3, 0.4) is 0 Å². The number of rotatable bonds is 5. The second kappa shape index (κ2) is 6.57. The van der Waals surface area contributed by atoms with Crippen molar-refractivity contribution in [2.24, 2.45) is 0 Å². The molecule has 2 aromatic rings. The van der Waals surface area contributed by atoms with E-state index in [1.165, 1.54) is 11.6 Å². The van der Waals surface area contributed by atoms with Crippen LogP contribution in [0.1, 0.15) is 5.56 Å². The molecule has 0 aliphatic heterocycles. The molecule has 0 saturated carbocycles. The van der Waals surface area contributed by atoms with E-state index in [2.05, 4.69) is 21.2 Å². The van der Waals surface area contributed by atoms with E-state index in [9.17, 15) is 4.39 Å². The number of methoxy groups -OCH3 is 1. The summed E-state index contributed by atoms with van der Waals surface area (Å²) in [5.74, 6) is 0.595. The standard InChI is InChI=1S/C15H15BrFNO/c1-19-12-7-5-11(6-8-12)9-10-18-15-13(16)3-2-4-14(15)17/h2-8,18H,9-10H2,1H3. The molecule has 0 unspecified atom stereocenters. The molecule has 4 heteroatoms. The fourth-order valence-electron chi connectivity index (χ4n) is 1.79. The second-order valence-corrected chi connectivity index (χ2v) is 4.98. The van der Waals surface area contributed by atoms with Crippen molar-refractivity contribution >= 4 is 21.6 Å². The van der Waals surface area contributed by atoms with E-state index in [1.54, 1.807) is 13.2 Å². The fraction of sp³-hybridized carbons (Fsp3) is 0.200. The maximum Gasteiger partial charge on any atom is 0.147 e. The molecule has 0 bridgehead atoms. The zero-order valence-electron chi connectivity index (χ0n) is 10.6. The van der Waals surface area contributed by atoms with Crippen molar-refractivity contribution in [1.29, 1.82) is 0 Å². The van der Waals surface area contributed by atoms with Gasteiger partial charge in [0.2, 0.25) is 0 Å². The number of hydrogen-bond acceptors (Lipinski definition) is 2. The molecule has 100 valence electrons. The minimum atomic E-state index is -0.246. The fourth-order valence-corrected chi connectivity index (χ4v) is 2.27. The lowest BCUT2D eigenvalue weighted by atomic mass is 10.1. The van der Waals surface area contributed by atoms with Crippen LogP contribution in [0.2, 0.25) is 0 Å². The van der Waals surface area contributed by atoms with Gasteiger partial charge in [-0.25, -0.2) is 4.39 Å². The summed E-state index contributed by atoms with van der Waals surface area (Å²) in [5.41, 5.74) is 1.69. The van der Waals surface area contributed by atoms with E-state index in [0.29, 0.717) is 12.2 Å². The molecule has 0 aliphatic carbocycles. The molecule has 0 atom stereocenters. The Morgan fingerprint density at radius 1 is 1.16 bits per heavy atom. The number of hydrogen-bond donors (Lipinski definition) is 1. The molecular weight excluding hydrogens is 309 g/mol. The van der Waals surface area contributed by atoms with Crippen LogP contribution in [0, 0.1) is 5.82 Å². The summed E-state index contributed by atoms with van der Waals surface area (Å²) in [6.45, 7) is 0.672. The number of nitrogens with one attached hydrogen (secondary N) is 1. The summed E-state index contributed by atoms with van der Waals surface area (Å²) in [7, 11) is 1.65. The molecule has 0 heterocycles. The smallest absolute Gasteiger partial charge is 0.147 e. The SMILES string of the molecule is COc1ccc(CCNc2c(F)cccc2Br)cc1. The Balaban J connectivity index is 1.92. The van der Waals surface area contributed by atoms with Gasteiger partial charge in [-0.2, -0.15) is 0 Å². The molecule has 0 aliphatic rings. The summed E-state index contributed by atoms with van der Waals surface area (Å²) in [6.07, 6.45) is 0.824. The van der Waals surface area contributed by atoms with Crippen LogP contribution < -0.4 is 10.1 Å². The predicted molar refractivity (Wildman–Crippen MR) is 79.3 cm³/mol. The van der Waals surface area contributed by atoms with Crippen LogP contribution in [0.15, 0.2) is 46.9 Å². The highest BCUT2D eigenvalue weighted by molar-refractivity contribution is 9.10. The van der Waals surface area contributed by atoms with Crippen LogP contribution in [-0.2, 0) is 6.42 Å². The lowest BCUT2D eigenvalue weighted by molar-refractivity contribution is 0.414. The van der Waals surface area contributed by atoms with Gasteiger partial charge in [-0.15, -0.1) is 0 Å². The lowest BCUT2D eigenvalue weighted by Gasteiger charge is -2.09. The predicted octanol–water partition coefficient (Wildman–Crippen LogP) is 4.25. The van der Waals surface area contributed by atoms with E-state index in [1.807, 2.05) is 30.3 Å². The van der Waals surface area contributed by atoms with Gasteiger partial charge in [0.15, 0.2) is 0 Å². The summed E-state index contributed by atoms with van der Waals surface area (Å²) in [4.78, 5) is 0. The number of anilines is 1. The van der Waals surface area contributed by atoms with E-state index in [-0.39, 0.29) is 5.82 Å². The molecule has 19 heavy (non-hydrogen) atoms. The Morgan fingerprint density at radius 2 is 1.89 bits per heavy atom. The van der Waals surface area contributed by atoms with Crippen LogP contribution in [-0.4, -0.2) is 13.7 Å². The third kappa shape index (κ3) is 3.70. The van der Waals surface area contributed by atoms with Gasteiger partial charge in [0, 0.05) is 11.0 Å². The molecule has 0 spiro atoms. The van der Waals surface area contributed by atoms with E-state index < -0.39 is 0 Å². The Labute approximate surface area is 120 Å². The third-order valence-corrected chi connectivity index (χ3v) is 3.50.